The van der Waals surface area contributed by atoms with Gasteiger partial charge in [0.2, 0.25) is 0 Å². The molecule has 0 bridgehead atoms. The lowest BCUT2D eigenvalue weighted by atomic mass is 10.3. The Morgan fingerprint density at radius 3 is 2.67 bits per heavy atom. The van der Waals surface area contributed by atoms with E-state index in [2.05, 4.69) is 15.6 Å². The highest BCUT2D eigenvalue weighted by Crippen LogP contribution is 2.15. The van der Waals surface area contributed by atoms with Crippen LogP contribution >= 0.6 is 0 Å². The number of rotatable bonds is 9. The molecular formula is C16H33N3O4S. The fourth-order valence-corrected chi connectivity index (χ4v) is 3.08. The molecule has 142 valence electrons. The molecule has 0 saturated carbocycles. The average molecular weight is 364 g/mol. The first-order valence-corrected chi connectivity index (χ1v) is 10.4. The second-order valence-electron chi connectivity index (χ2n) is 6.83. The summed E-state index contributed by atoms with van der Waals surface area (Å²) in [6.45, 7) is 11.0. The highest BCUT2D eigenvalue weighted by atomic mass is 32.2. The van der Waals surface area contributed by atoms with E-state index < -0.39 is 14.6 Å². The van der Waals surface area contributed by atoms with Crippen molar-refractivity contribution in [2.45, 2.75) is 51.4 Å². The Balaban J connectivity index is 2.29. The lowest BCUT2D eigenvalue weighted by molar-refractivity contribution is 0.0424. The molecule has 1 fully saturated rings. The van der Waals surface area contributed by atoms with Crippen LogP contribution in [0.2, 0.25) is 0 Å². The summed E-state index contributed by atoms with van der Waals surface area (Å²) in [7, 11) is -3.12. The van der Waals surface area contributed by atoms with E-state index >= 15 is 0 Å². The van der Waals surface area contributed by atoms with Gasteiger partial charge < -0.3 is 20.1 Å². The molecule has 8 heteroatoms. The molecule has 1 aliphatic rings. The monoisotopic (exact) mass is 363 g/mol. The molecule has 24 heavy (non-hydrogen) atoms. The lowest BCUT2D eigenvalue weighted by Gasteiger charge is -2.19. The van der Waals surface area contributed by atoms with E-state index in [4.69, 9.17) is 9.47 Å². The summed E-state index contributed by atoms with van der Waals surface area (Å²) in [6, 6.07) is 0. The number of nitrogens with zero attached hydrogens (tertiary/aromatic N) is 1. The summed E-state index contributed by atoms with van der Waals surface area (Å²) in [6.07, 6.45) is 2.02. The summed E-state index contributed by atoms with van der Waals surface area (Å²) in [5.74, 6) is 0.733. The molecule has 1 unspecified atom stereocenters. The SMILES string of the molecule is CCNC(=NCCCOC1CCOC1)NCCS(=O)(=O)C(C)(C)C. The predicted molar refractivity (Wildman–Crippen MR) is 97.3 cm³/mol. The zero-order valence-corrected chi connectivity index (χ0v) is 16.2. The van der Waals surface area contributed by atoms with Crippen LogP contribution in [-0.2, 0) is 19.3 Å². The summed E-state index contributed by atoms with van der Waals surface area (Å²) >= 11 is 0. The van der Waals surface area contributed by atoms with Crippen molar-refractivity contribution in [2.24, 2.45) is 4.99 Å². The third kappa shape index (κ3) is 7.81. The number of hydrogen-bond donors (Lipinski definition) is 2. The van der Waals surface area contributed by atoms with Gasteiger partial charge in [0, 0.05) is 32.8 Å². The van der Waals surface area contributed by atoms with Gasteiger partial charge in [-0.1, -0.05) is 0 Å². The minimum atomic E-state index is -3.12. The van der Waals surface area contributed by atoms with E-state index in [9.17, 15) is 8.42 Å². The van der Waals surface area contributed by atoms with Gasteiger partial charge in [-0.05, 0) is 40.5 Å². The molecule has 0 aliphatic carbocycles. The van der Waals surface area contributed by atoms with Crippen LogP contribution in [-0.4, -0.2) is 70.4 Å². The molecule has 0 aromatic heterocycles. The van der Waals surface area contributed by atoms with Gasteiger partial charge in [-0.15, -0.1) is 0 Å². The molecule has 0 amide bonds. The van der Waals surface area contributed by atoms with Gasteiger partial charge in [0.05, 0.1) is 23.2 Å². The molecular weight excluding hydrogens is 330 g/mol. The van der Waals surface area contributed by atoms with E-state index in [1.165, 1.54) is 0 Å². The fourth-order valence-electron chi connectivity index (χ4n) is 2.10. The van der Waals surface area contributed by atoms with E-state index in [0.29, 0.717) is 32.3 Å². The van der Waals surface area contributed by atoms with Gasteiger partial charge in [0.25, 0.3) is 0 Å². The number of guanidine groups is 1. The van der Waals surface area contributed by atoms with E-state index in [-0.39, 0.29) is 11.9 Å². The van der Waals surface area contributed by atoms with Crippen LogP contribution in [0.1, 0.15) is 40.5 Å². The number of ether oxygens (including phenoxy) is 2. The first kappa shape index (κ1) is 21.2. The second-order valence-corrected chi connectivity index (χ2v) is 9.69. The van der Waals surface area contributed by atoms with Crippen molar-refractivity contribution in [3.63, 3.8) is 0 Å². The molecule has 1 rings (SSSR count). The zero-order valence-electron chi connectivity index (χ0n) is 15.4. The van der Waals surface area contributed by atoms with Gasteiger partial charge in [0.1, 0.15) is 0 Å². The van der Waals surface area contributed by atoms with Crippen LogP contribution in [0.5, 0.6) is 0 Å². The van der Waals surface area contributed by atoms with Crippen molar-refractivity contribution in [2.75, 3.05) is 45.2 Å². The summed E-state index contributed by atoms with van der Waals surface area (Å²) in [4.78, 5) is 4.45. The van der Waals surface area contributed by atoms with Crippen LogP contribution in [0.4, 0.5) is 0 Å². The zero-order chi connectivity index (χ0) is 18.1. The fraction of sp³-hybridized carbons (Fsp3) is 0.938. The molecule has 0 aromatic rings. The molecule has 0 spiro atoms. The maximum Gasteiger partial charge on any atom is 0.191 e. The smallest absolute Gasteiger partial charge is 0.191 e. The minimum Gasteiger partial charge on any atom is -0.379 e. The van der Waals surface area contributed by atoms with Gasteiger partial charge in [0.15, 0.2) is 15.8 Å². The number of nitrogens with one attached hydrogen (secondary N) is 2. The Morgan fingerprint density at radius 1 is 1.33 bits per heavy atom. The maximum absolute atomic E-state index is 12.1. The van der Waals surface area contributed by atoms with Crippen molar-refractivity contribution in [3.8, 4) is 0 Å². The number of aliphatic imine (C=N–C) groups is 1. The molecule has 1 atom stereocenters. The predicted octanol–water partition coefficient (Wildman–Crippen LogP) is 0.950. The Labute approximate surface area is 146 Å². The van der Waals surface area contributed by atoms with Crippen LogP contribution in [0.3, 0.4) is 0 Å². The standard InChI is InChI=1S/C16H33N3O4S/c1-5-17-15(19-9-12-24(20,21)16(2,3)4)18-8-6-10-23-14-7-11-22-13-14/h14H,5-13H2,1-4H3,(H2,17,18,19). The Kier molecular flexibility index (Phi) is 9.01. The maximum atomic E-state index is 12.1. The Hall–Kier alpha value is -0.860. The van der Waals surface area contributed by atoms with Crippen LogP contribution in [0, 0.1) is 0 Å². The molecule has 1 saturated heterocycles. The Bertz CT molecular complexity index is 480. The van der Waals surface area contributed by atoms with Gasteiger partial charge in [-0.25, -0.2) is 8.42 Å². The Morgan fingerprint density at radius 2 is 2.08 bits per heavy atom. The largest absolute Gasteiger partial charge is 0.379 e. The van der Waals surface area contributed by atoms with Gasteiger partial charge in [-0.3, -0.25) is 4.99 Å². The minimum absolute atomic E-state index is 0.0890. The van der Waals surface area contributed by atoms with E-state index in [1.54, 1.807) is 20.8 Å². The normalized spacial score (nSPS) is 19.5. The van der Waals surface area contributed by atoms with E-state index in [0.717, 1.165) is 26.0 Å². The van der Waals surface area contributed by atoms with E-state index in [1.807, 2.05) is 6.92 Å². The van der Waals surface area contributed by atoms with Crippen molar-refractivity contribution in [1.29, 1.82) is 0 Å². The first-order chi connectivity index (χ1) is 11.3. The molecule has 1 aliphatic heterocycles. The average Bonchev–Trinajstić information content (AvgIpc) is 2.98. The van der Waals surface area contributed by atoms with Gasteiger partial charge in [-0.2, -0.15) is 0 Å². The molecule has 7 nitrogen and oxygen atoms in total. The van der Waals surface area contributed by atoms with Crippen molar-refractivity contribution >= 4 is 15.8 Å². The van der Waals surface area contributed by atoms with Crippen LogP contribution in [0.15, 0.2) is 4.99 Å². The summed E-state index contributed by atoms with van der Waals surface area (Å²) < 4.78 is 34.4. The molecule has 0 radical (unpaired) electrons. The van der Waals surface area contributed by atoms with Crippen molar-refractivity contribution in [3.05, 3.63) is 0 Å². The van der Waals surface area contributed by atoms with Gasteiger partial charge >= 0.3 is 0 Å². The quantitative estimate of drug-likeness (QED) is 0.360. The van der Waals surface area contributed by atoms with Crippen LogP contribution in [0.25, 0.3) is 0 Å². The van der Waals surface area contributed by atoms with Crippen molar-refractivity contribution in [1.82, 2.24) is 10.6 Å². The number of sulfone groups is 1. The third-order valence-electron chi connectivity index (χ3n) is 3.75. The van der Waals surface area contributed by atoms with Crippen LogP contribution < -0.4 is 10.6 Å². The number of hydrogen-bond acceptors (Lipinski definition) is 5. The second kappa shape index (κ2) is 10.2. The molecule has 0 aromatic carbocycles. The first-order valence-electron chi connectivity index (χ1n) is 8.70. The highest BCUT2D eigenvalue weighted by Gasteiger charge is 2.28. The topological polar surface area (TPSA) is 89.0 Å². The highest BCUT2D eigenvalue weighted by molar-refractivity contribution is 7.92. The summed E-state index contributed by atoms with van der Waals surface area (Å²) in [5.41, 5.74) is 0. The summed E-state index contributed by atoms with van der Waals surface area (Å²) in [5, 5.41) is 6.20. The third-order valence-corrected chi connectivity index (χ3v) is 6.36. The lowest BCUT2D eigenvalue weighted by Crippen LogP contribution is -2.42. The molecule has 2 N–H and O–H groups in total. The van der Waals surface area contributed by atoms with Crippen molar-refractivity contribution < 1.29 is 17.9 Å². The molecule has 1 heterocycles.